The van der Waals surface area contributed by atoms with Gasteiger partial charge >= 0.3 is 0 Å². The van der Waals surface area contributed by atoms with Gasteiger partial charge in [0.05, 0.1) is 12.1 Å². The van der Waals surface area contributed by atoms with Crippen LogP contribution in [-0.2, 0) is 0 Å². The van der Waals surface area contributed by atoms with Crippen molar-refractivity contribution in [1.82, 2.24) is 0 Å². The molecule has 4 N–H and O–H groups in total. The van der Waals surface area contributed by atoms with Crippen LogP contribution in [0.1, 0.15) is 31.4 Å². The summed E-state index contributed by atoms with van der Waals surface area (Å²) in [6, 6.07) is 3.00. The number of phenols is 1. The van der Waals surface area contributed by atoms with Gasteiger partial charge in [0.15, 0.2) is 0 Å². The Hall–Kier alpha value is -0.840. The first-order valence-electron chi connectivity index (χ1n) is 4.98. The third-order valence-corrected chi connectivity index (χ3v) is 2.34. The highest BCUT2D eigenvalue weighted by atomic mass is 35.5. The van der Waals surface area contributed by atoms with Crippen molar-refractivity contribution in [1.29, 1.82) is 0 Å². The van der Waals surface area contributed by atoms with Crippen molar-refractivity contribution in [2.45, 2.75) is 31.9 Å². The first-order valence-corrected chi connectivity index (χ1v) is 4.98. The highest BCUT2D eigenvalue weighted by molar-refractivity contribution is 5.85. The highest BCUT2D eigenvalue weighted by Gasteiger charge is 2.19. The maximum Gasteiger partial charge on any atom is 0.131 e. The molecule has 0 saturated carbocycles. The van der Waals surface area contributed by atoms with Gasteiger partial charge < -0.3 is 15.9 Å². The molecule has 0 aromatic heterocycles. The average molecular weight is 250 g/mol. The van der Waals surface area contributed by atoms with Gasteiger partial charge in [0.1, 0.15) is 11.6 Å². The first kappa shape index (κ1) is 15.2. The lowest BCUT2D eigenvalue weighted by Crippen LogP contribution is -2.26. The maximum absolute atomic E-state index is 13.4. The number of aromatic hydroxyl groups is 1. The number of aliphatic hydroxyl groups is 1. The van der Waals surface area contributed by atoms with Crippen molar-refractivity contribution in [2.75, 3.05) is 0 Å². The van der Waals surface area contributed by atoms with Gasteiger partial charge in [-0.1, -0.05) is 19.4 Å². The Kier molecular flexibility index (Phi) is 6.33. The topological polar surface area (TPSA) is 66.5 Å². The summed E-state index contributed by atoms with van der Waals surface area (Å²) in [7, 11) is 0. The minimum absolute atomic E-state index is 0. The first-order chi connectivity index (χ1) is 7.06. The van der Waals surface area contributed by atoms with E-state index in [4.69, 9.17) is 10.8 Å². The fourth-order valence-corrected chi connectivity index (χ4v) is 1.47. The van der Waals surface area contributed by atoms with Crippen molar-refractivity contribution >= 4 is 12.4 Å². The van der Waals surface area contributed by atoms with Gasteiger partial charge in [-0.05, 0) is 12.5 Å². The number of benzene rings is 1. The summed E-state index contributed by atoms with van der Waals surface area (Å²) in [5.41, 5.74) is 5.93. The van der Waals surface area contributed by atoms with E-state index in [1.54, 1.807) is 0 Å². The van der Waals surface area contributed by atoms with E-state index >= 15 is 0 Å². The molecule has 1 aromatic rings. The number of hydrogen-bond donors (Lipinski definition) is 3. The molecule has 1 aromatic carbocycles. The molecule has 0 aliphatic rings. The van der Waals surface area contributed by atoms with Gasteiger partial charge in [-0.3, -0.25) is 0 Å². The Bertz CT molecular complexity index is 336. The molecule has 0 aliphatic heterocycles. The van der Waals surface area contributed by atoms with Crippen LogP contribution in [-0.4, -0.2) is 16.3 Å². The molecule has 3 nitrogen and oxygen atoms in total. The Labute approximate surface area is 101 Å². The molecule has 0 unspecified atom stereocenters. The zero-order chi connectivity index (χ0) is 11.4. The second-order valence-electron chi connectivity index (χ2n) is 3.59. The van der Waals surface area contributed by atoms with Crippen LogP contribution < -0.4 is 5.73 Å². The van der Waals surface area contributed by atoms with Crippen LogP contribution in [0.5, 0.6) is 5.75 Å². The molecule has 0 spiro atoms. The zero-order valence-corrected chi connectivity index (χ0v) is 9.88. The fraction of sp³-hybridized carbons (Fsp3) is 0.455. The third kappa shape index (κ3) is 3.63. The quantitative estimate of drug-likeness (QED) is 0.766. The predicted octanol–water partition coefficient (Wildman–Crippen LogP) is 2.11. The number of rotatable bonds is 4. The van der Waals surface area contributed by atoms with Crippen LogP contribution in [0.3, 0.4) is 0 Å². The molecule has 0 amide bonds. The van der Waals surface area contributed by atoms with E-state index in [0.717, 1.165) is 12.5 Å². The molecule has 1 rings (SSSR count). The smallest absolute Gasteiger partial charge is 0.131 e. The molecule has 0 fully saturated rings. The van der Waals surface area contributed by atoms with Gasteiger partial charge in [0.25, 0.3) is 0 Å². The Morgan fingerprint density at radius 3 is 2.56 bits per heavy atom. The summed E-state index contributed by atoms with van der Waals surface area (Å²) in [6.07, 6.45) is 0.560. The summed E-state index contributed by atoms with van der Waals surface area (Å²) >= 11 is 0. The van der Waals surface area contributed by atoms with Crippen molar-refractivity contribution in [3.63, 3.8) is 0 Å². The molecule has 2 atom stereocenters. The molecule has 0 saturated heterocycles. The molecule has 0 radical (unpaired) electrons. The lowest BCUT2D eigenvalue weighted by atomic mass is 9.98. The molecule has 0 aliphatic carbocycles. The normalized spacial score (nSPS) is 14.0. The molecule has 5 heteroatoms. The van der Waals surface area contributed by atoms with Crippen molar-refractivity contribution in [2.24, 2.45) is 5.73 Å². The van der Waals surface area contributed by atoms with Crippen LogP contribution >= 0.6 is 12.4 Å². The van der Waals surface area contributed by atoms with Crippen LogP contribution in [0.4, 0.5) is 4.39 Å². The van der Waals surface area contributed by atoms with E-state index in [1.807, 2.05) is 6.92 Å². The highest BCUT2D eigenvalue weighted by Crippen LogP contribution is 2.23. The molecular formula is C11H17ClFNO2. The molecule has 16 heavy (non-hydrogen) atoms. The fourth-order valence-electron chi connectivity index (χ4n) is 1.47. The van der Waals surface area contributed by atoms with E-state index in [9.17, 15) is 9.50 Å². The summed E-state index contributed by atoms with van der Waals surface area (Å²) in [5.74, 6) is -0.730. The van der Waals surface area contributed by atoms with Crippen LogP contribution in [0, 0.1) is 5.82 Å². The molecule has 0 bridgehead atoms. The van der Waals surface area contributed by atoms with E-state index in [2.05, 4.69) is 0 Å². The van der Waals surface area contributed by atoms with Crippen molar-refractivity contribution in [3.05, 3.63) is 29.6 Å². The maximum atomic E-state index is 13.4. The number of nitrogens with two attached hydrogens (primary N) is 1. The minimum Gasteiger partial charge on any atom is -0.508 e. The van der Waals surface area contributed by atoms with E-state index in [0.29, 0.717) is 6.42 Å². The number of hydrogen-bond acceptors (Lipinski definition) is 3. The Morgan fingerprint density at radius 1 is 1.44 bits per heavy atom. The summed E-state index contributed by atoms with van der Waals surface area (Å²) < 4.78 is 13.4. The van der Waals surface area contributed by atoms with Gasteiger partial charge in [-0.15, -0.1) is 12.4 Å². The van der Waals surface area contributed by atoms with Gasteiger partial charge in [-0.25, -0.2) is 4.39 Å². The number of aliphatic hydroxyl groups excluding tert-OH is 1. The van der Waals surface area contributed by atoms with Crippen molar-refractivity contribution < 1.29 is 14.6 Å². The standard InChI is InChI=1S/C11H16FNO2.ClH/c1-2-3-10(15)11(13)8-5-4-7(14)6-9(8)12;/h4-6,10-11,14-15H,2-3,13H2,1H3;1H/t10-,11+;/m1./s1. The number of halogens is 2. The predicted molar refractivity (Wildman–Crippen MR) is 63.2 cm³/mol. The average Bonchev–Trinajstić information content (AvgIpc) is 2.17. The van der Waals surface area contributed by atoms with Gasteiger partial charge in [-0.2, -0.15) is 0 Å². The van der Waals surface area contributed by atoms with E-state index in [-0.39, 0.29) is 23.7 Å². The molecular weight excluding hydrogens is 233 g/mol. The third-order valence-electron chi connectivity index (χ3n) is 2.34. The molecule has 0 heterocycles. The van der Waals surface area contributed by atoms with Crippen LogP contribution in [0.25, 0.3) is 0 Å². The lowest BCUT2D eigenvalue weighted by Gasteiger charge is -2.19. The second kappa shape index (κ2) is 6.68. The number of phenolic OH excluding ortho intramolecular Hbond substituents is 1. The Balaban J connectivity index is 0.00000225. The zero-order valence-electron chi connectivity index (χ0n) is 9.06. The Morgan fingerprint density at radius 2 is 2.06 bits per heavy atom. The second-order valence-corrected chi connectivity index (χ2v) is 3.59. The summed E-state index contributed by atoms with van der Waals surface area (Å²) in [4.78, 5) is 0. The van der Waals surface area contributed by atoms with Crippen molar-refractivity contribution in [3.8, 4) is 5.75 Å². The summed E-state index contributed by atoms with van der Waals surface area (Å²) in [5, 5.41) is 18.6. The van der Waals surface area contributed by atoms with E-state index < -0.39 is 18.0 Å². The van der Waals surface area contributed by atoms with Crippen LogP contribution in [0.2, 0.25) is 0 Å². The summed E-state index contributed by atoms with van der Waals surface area (Å²) in [6.45, 7) is 1.92. The van der Waals surface area contributed by atoms with Gasteiger partial charge in [0, 0.05) is 11.6 Å². The lowest BCUT2D eigenvalue weighted by molar-refractivity contribution is 0.133. The largest absolute Gasteiger partial charge is 0.508 e. The minimum atomic E-state index is -0.756. The van der Waals surface area contributed by atoms with Crippen LogP contribution in [0.15, 0.2) is 18.2 Å². The molecule has 92 valence electrons. The monoisotopic (exact) mass is 249 g/mol. The van der Waals surface area contributed by atoms with E-state index in [1.165, 1.54) is 12.1 Å². The van der Waals surface area contributed by atoms with Gasteiger partial charge in [0.2, 0.25) is 0 Å². The SMILES string of the molecule is CCC[C@@H](O)[C@@H](N)c1ccc(O)cc1F.Cl.